The molecule has 0 aliphatic rings. The Labute approximate surface area is 139 Å². The summed E-state index contributed by atoms with van der Waals surface area (Å²) < 4.78 is 4.09. The molecule has 0 spiro atoms. The van der Waals surface area contributed by atoms with Gasteiger partial charge in [-0.05, 0) is 55.0 Å². The highest BCUT2D eigenvalue weighted by Gasteiger charge is 2.20. The molecule has 0 fully saturated rings. The first-order valence-electron chi connectivity index (χ1n) is 7.14. The van der Waals surface area contributed by atoms with Crippen LogP contribution in [0.4, 0.5) is 0 Å². The van der Waals surface area contributed by atoms with Crippen LogP contribution in [0.5, 0.6) is 0 Å². The maximum Gasteiger partial charge on any atom is 0.0801 e. The van der Waals surface area contributed by atoms with E-state index in [1.807, 2.05) is 18.2 Å². The number of benzene rings is 1. The maximum atomic E-state index is 6.30. The predicted octanol–water partition coefficient (Wildman–Crippen LogP) is 4.69. The summed E-state index contributed by atoms with van der Waals surface area (Å²) in [4.78, 5) is 1.18. The van der Waals surface area contributed by atoms with Crippen LogP contribution in [0, 0.1) is 0 Å². The number of halogens is 2. The molecular weight excluding hydrogens is 325 g/mol. The monoisotopic (exact) mass is 343 g/mol. The summed E-state index contributed by atoms with van der Waals surface area (Å²) in [6.45, 7) is 5.19. The van der Waals surface area contributed by atoms with E-state index in [0.29, 0.717) is 10.0 Å². The van der Waals surface area contributed by atoms with Crippen molar-refractivity contribution < 1.29 is 0 Å². The largest absolute Gasteiger partial charge is 0.309 e. The molecule has 0 bridgehead atoms. The van der Waals surface area contributed by atoms with E-state index >= 15 is 0 Å². The van der Waals surface area contributed by atoms with Gasteiger partial charge in [-0.25, -0.2) is 0 Å². The molecule has 2 aromatic rings. The Hall–Kier alpha value is -0.680. The highest BCUT2D eigenvalue weighted by molar-refractivity contribution is 7.05. The number of hydrogen-bond donors (Lipinski definition) is 1. The van der Waals surface area contributed by atoms with E-state index in [1.165, 1.54) is 16.4 Å². The average Bonchev–Trinajstić information content (AvgIpc) is 2.94. The van der Waals surface area contributed by atoms with Crippen molar-refractivity contribution >= 4 is 34.7 Å². The van der Waals surface area contributed by atoms with Gasteiger partial charge in [0.25, 0.3) is 0 Å². The van der Waals surface area contributed by atoms with Crippen molar-refractivity contribution in [2.75, 3.05) is 6.54 Å². The average molecular weight is 344 g/mol. The second kappa shape index (κ2) is 8.08. The summed E-state index contributed by atoms with van der Waals surface area (Å²) in [6, 6.07) is 5.78. The highest BCUT2D eigenvalue weighted by Crippen LogP contribution is 2.31. The molecule has 3 nitrogen and oxygen atoms in total. The number of rotatable bonds is 7. The quantitative estimate of drug-likeness (QED) is 0.792. The van der Waals surface area contributed by atoms with Gasteiger partial charge in [0.1, 0.15) is 0 Å². The van der Waals surface area contributed by atoms with E-state index < -0.39 is 0 Å². The number of aromatic nitrogens is 2. The molecule has 21 heavy (non-hydrogen) atoms. The molecule has 6 heteroatoms. The molecule has 1 aromatic carbocycles. The van der Waals surface area contributed by atoms with Gasteiger partial charge in [-0.3, -0.25) is 0 Å². The highest BCUT2D eigenvalue weighted by atomic mass is 35.5. The van der Waals surface area contributed by atoms with Crippen LogP contribution in [0.2, 0.25) is 10.0 Å². The molecule has 1 unspecified atom stereocenters. The minimum Gasteiger partial charge on any atom is -0.309 e. The number of nitrogens with zero attached hydrogens (tertiary/aromatic N) is 2. The summed E-state index contributed by atoms with van der Waals surface area (Å²) in [5.41, 5.74) is 2.03. The van der Waals surface area contributed by atoms with Crippen molar-refractivity contribution in [1.82, 2.24) is 14.9 Å². The Bertz CT molecular complexity index is 566. The van der Waals surface area contributed by atoms with E-state index in [0.717, 1.165) is 37.1 Å². The molecule has 1 N–H and O–H groups in total. The molecule has 2 rings (SSSR count). The Kier molecular flexibility index (Phi) is 6.42. The van der Waals surface area contributed by atoms with Crippen LogP contribution in [0.25, 0.3) is 0 Å². The molecule has 1 atom stereocenters. The van der Waals surface area contributed by atoms with E-state index in [2.05, 4.69) is 28.8 Å². The molecule has 0 radical (unpaired) electrons. The van der Waals surface area contributed by atoms with E-state index in [4.69, 9.17) is 23.2 Å². The molecule has 0 aliphatic heterocycles. The van der Waals surface area contributed by atoms with Crippen LogP contribution in [-0.2, 0) is 12.8 Å². The van der Waals surface area contributed by atoms with Gasteiger partial charge in [-0.2, -0.15) is 0 Å². The van der Waals surface area contributed by atoms with Crippen molar-refractivity contribution in [3.8, 4) is 0 Å². The Morgan fingerprint density at radius 3 is 2.57 bits per heavy atom. The molecule has 1 aromatic heterocycles. The first kappa shape index (κ1) is 16.7. The topological polar surface area (TPSA) is 37.8 Å². The van der Waals surface area contributed by atoms with Gasteiger partial charge in [0.15, 0.2) is 0 Å². The zero-order valence-electron chi connectivity index (χ0n) is 12.2. The number of aryl methyl sites for hydroxylation is 1. The zero-order chi connectivity index (χ0) is 15.2. The molecular formula is C15H19Cl2N3S. The normalized spacial score (nSPS) is 12.6. The molecule has 1 heterocycles. The number of hydrogen-bond acceptors (Lipinski definition) is 4. The fourth-order valence-corrected chi connectivity index (χ4v) is 3.60. The molecule has 0 saturated carbocycles. The molecule has 0 saturated heterocycles. The third kappa shape index (κ3) is 4.16. The third-order valence-corrected chi connectivity index (χ3v) is 4.94. The van der Waals surface area contributed by atoms with Gasteiger partial charge in [0.05, 0.1) is 10.6 Å². The maximum absolute atomic E-state index is 6.30. The van der Waals surface area contributed by atoms with E-state index in [1.54, 1.807) is 0 Å². The third-order valence-electron chi connectivity index (χ3n) is 3.35. The Balaban J connectivity index is 2.28. The lowest BCUT2D eigenvalue weighted by Crippen LogP contribution is -2.24. The smallest absolute Gasteiger partial charge is 0.0801 e. The van der Waals surface area contributed by atoms with Gasteiger partial charge in [-0.15, -0.1) is 5.10 Å². The molecule has 0 amide bonds. The van der Waals surface area contributed by atoms with Gasteiger partial charge >= 0.3 is 0 Å². The summed E-state index contributed by atoms with van der Waals surface area (Å²) in [6.07, 6.45) is 2.70. The lowest BCUT2D eigenvalue weighted by Gasteiger charge is -2.19. The second-order valence-electron chi connectivity index (χ2n) is 4.85. The SMILES string of the molecule is CCCNC(Cc1c(Cl)cccc1Cl)c1snnc1CC. The Morgan fingerprint density at radius 1 is 1.24 bits per heavy atom. The lowest BCUT2D eigenvalue weighted by molar-refractivity contribution is 0.532. The van der Waals surface area contributed by atoms with Crippen LogP contribution in [0.3, 0.4) is 0 Å². The standard InChI is InChI=1S/C15H19Cl2N3S/c1-3-8-18-14(15-13(4-2)19-20-21-15)9-10-11(16)6-5-7-12(10)17/h5-7,14,18H,3-4,8-9H2,1-2H3. The first-order chi connectivity index (χ1) is 10.2. The fraction of sp³-hybridized carbons (Fsp3) is 0.467. The van der Waals surface area contributed by atoms with Gasteiger partial charge < -0.3 is 5.32 Å². The number of nitrogens with one attached hydrogen (secondary N) is 1. The van der Waals surface area contributed by atoms with Crippen LogP contribution >= 0.6 is 34.7 Å². The van der Waals surface area contributed by atoms with Crippen LogP contribution in [-0.4, -0.2) is 16.1 Å². The van der Waals surface area contributed by atoms with E-state index in [9.17, 15) is 0 Å². The van der Waals surface area contributed by atoms with Crippen molar-refractivity contribution in [1.29, 1.82) is 0 Å². The first-order valence-corrected chi connectivity index (χ1v) is 8.67. The predicted molar refractivity (Wildman–Crippen MR) is 90.5 cm³/mol. The summed E-state index contributed by atoms with van der Waals surface area (Å²) in [7, 11) is 0. The minimum absolute atomic E-state index is 0.150. The lowest BCUT2D eigenvalue weighted by atomic mass is 10.0. The van der Waals surface area contributed by atoms with Crippen molar-refractivity contribution in [2.45, 2.75) is 39.2 Å². The van der Waals surface area contributed by atoms with Crippen LogP contribution in [0.1, 0.15) is 42.4 Å². The zero-order valence-corrected chi connectivity index (χ0v) is 14.5. The van der Waals surface area contributed by atoms with E-state index in [-0.39, 0.29) is 6.04 Å². The van der Waals surface area contributed by atoms with Gasteiger partial charge in [0, 0.05) is 16.1 Å². The summed E-state index contributed by atoms with van der Waals surface area (Å²) >= 11 is 14.1. The molecule has 114 valence electrons. The van der Waals surface area contributed by atoms with Crippen molar-refractivity contribution in [2.24, 2.45) is 0 Å². The summed E-state index contributed by atoms with van der Waals surface area (Å²) in [5, 5.41) is 9.19. The Morgan fingerprint density at radius 2 is 1.95 bits per heavy atom. The van der Waals surface area contributed by atoms with Crippen LogP contribution < -0.4 is 5.32 Å². The second-order valence-corrected chi connectivity index (χ2v) is 6.45. The van der Waals surface area contributed by atoms with Crippen LogP contribution in [0.15, 0.2) is 18.2 Å². The van der Waals surface area contributed by atoms with Crippen molar-refractivity contribution in [3.63, 3.8) is 0 Å². The van der Waals surface area contributed by atoms with Gasteiger partial charge in [-0.1, -0.05) is 47.6 Å². The summed E-state index contributed by atoms with van der Waals surface area (Å²) in [5.74, 6) is 0. The minimum atomic E-state index is 0.150. The fourth-order valence-electron chi connectivity index (χ4n) is 2.23. The van der Waals surface area contributed by atoms with Gasteiger partial charge in [0.2, 0.25) is 0 Å². The van der Waals surface area contributed by atoms with Crippen molar-refractivity contribution in [3.05, 3.63) is 44.4 Å². The molecule has 0 aliphatic carbocycles.